The number of cyclic esters (lactones) is 1. The van der Waals surface area contributed by atoms with Gasteiger partial charge in [-0.05, 0) is 44.6 Å². The summed E-state index contributed by atoms with van der Waals surface area (Å²) in [5, 5.41) is 11.9. The number of esters is 1. The fraction of sp³-hybridized carbons (Fsp3) is 0.762. The largest absolute Gasteiger partial charge is 0.453 e. The summed E-state index contributed by atoms with van der Waals surface area (Å²) in [6, 6.07) is 0. The summed E-state index contributed by atoms with van der Waals surface area (Å²) < 4.78 is 5.41. The highest BCUT2D eigenvalue weighted by Gasteiger charge is 2.50. The number of carbonyl (C=O) groups excluding carboxylic acids is 3. The number of Topliss-reactive ketones (excluding diaryl/α,β-unsaturated/α-hetero) is 2. The van der Waals surface area contributed by atoms with Crippen LogP contribution < -0.4 is 5.73 Å². The first-order chi connectivity index (χ1) is 13.2. The van der Waals surface area contributed by atoms with Crippen LogP contribution in [0, 0.1) is 27.9 Å². The van der Waals surface area contributed by atoms with Crippen molar-refractivity contribution in [2.24, 2.45) is 23.5 Å². The van der Waals surface area contributed by atoms with E-state index in [2.05, 4.69) is 0 Å². The van der Waals surface area contributed by atoms with E-state index in [1.54, 1.807) is 27.7 Å². The van der Waals surface area contributed by atoms with E-state index in [0.717, 1.165) is 0 Å². The first kappa shape index (κ1) is 24.9. The van der Waals surface area contributed by atoms with Gasteiger partial charge in [0.2, 0.25) is 0 Å². The molecule has 0 bridgehead atoms. The molecule has 0 amide bonds. The molecule has 8 nitrogen and oxygen atoms in total. The number of nitro groups is 1. The third kappa shape index (κ3) is 5.29. The molecule has 29 heavy (non-hydrogen) atoms. The molecule has 0 radical (unpaired) electrons. The van der Waals surface area contributed by atoms with E-state index in [9.17, 15) is 24.5 Å². The van der Waals surface area contributed by atoms with Crippen LogP contribution in [0.3, 0.4) is 0 Å². The predicted molar refractivity (Wildman–Crippen MR) is 109 cm³/mol. The Balaban J connectivity index is 3.56. The van der Waals surface area contributed by atoms with Gasteiger partial charge in [0.1, 0.15) is 0 Å². The van der Waals surface area contributed by atoms with Crippen LogP contribution in [-0.2, 0) is 19.1 Å². The van der Waals surface area contributed by atoms with Crippen LogP contribution >= 0.6 is 0 Å². The zero-order chi connectivity index (χ0) is 22.7. The van der Waals surface area contributed by atoms with Crippen LogP contribution in [0.15, 0.2) is 11.6 Å². The Kier molecular flexibility index (Phi) is 7.87. The Labute approximate surface area is 172 Å². The van der Waals surface area contributed by atoms with Gasteiger partial charge >= 0.3 is 5.97 Å². The molecule has 1 aliphatic heterocycles. The molecule has 0 saturated heterocycles. The summed E-state index contributed by atoms with van der Waals surface area (Å²) in [6.07, 6.45) is 1.20. The Morgan fingerprint density at radius 2 is 1.69 bits per heavy atom. The van der Waals surface area contributed by atoms with E-state index in [-0.39, 0.29) is 29.6 Å². The first-order valence-electron chi connectivity index (χ1n) is 10.1. The SMILES string of the molecule is CC[C@H]1OC(=O)[C@@](C)(N)C(=O)[C@H](C)C[C@@H](C)C[C@@H](C)C(=O)/C(C)=C/[C@]1(C)[N+](=O)[O-]. The maximum Gasteiger partial charge on any atom is 0.334 e. The molecule has 0 unspecified atom stereocenters. The molecule has 0 saturated carbocycles. The van der Waals surface area contributed by atoms with Gasteiger partial charge in [-0.1, -0.05) is 27.7 Å². The summed E-state index contributed by atoms with van der Waals surface area (Å²) in [7, 11) is 0. The van der Waals surface area contributed by atoms with Crippen LogP contribution in [0.4, 0.5) is 0 Å². The number of ether oxygens (including phenoxy) is 1. The Morgan fingerprint density at radius 1 is 1.17 bits per heavy atom. The van der Waals surface area contributed by atoms with Crippen molar-refractivity contribution in [3.63, 3.8) is 0 Å². The molecule has 1 heterocycles. The number of allylic oxidation sites excluding steroid dienone is 1. The monoisotopic (exact) mass is 410 g/mol. The molecule has 8 heteroatoms. The highest BCUT2D eigenvalue weighted by Crippen LogP contribution is 2.30. The summed E-state index contributed by atoms with van der Waals surface area (Å²) in [5.41, 5.74) is 2.57. The molecule has 0 fully saturated rings. The third-order valence-electron chi connectivity index (χ3n) is 5.91. The van der Waals surface area contributed by atoms with Gasteiger partial charge < -0.3 is 10.5 Å². The minimum absolute atomic E-state index is 0.0285. The van der Waals surface area contributed by atoms with Crippen molar-refractivity contribution in [3.8, 4) is 0 Å². The molecule has 0 spiro atoms. The highest BCUT2D eigenvalue weighted by molar-refractivity contribution is 6.08. The molecule has 6 atom stereocenters. The normalized spacial score (nSPS) is 39.9. The van der Waals surface area contributed by atoms with Crippen molar-refractivity contribution >= 4 is 17.5 Å². The maximum absolute atomic E-state index is 12.8. The molecule has 1 rings (SSSR count). The number of nitrogens with zero attached hydrogens (tertiary/aromatic N) is 1. The second-order valence-electron chi connectivity index (χ2n) is 8.92. The van der Waals surface area contributed by atoms with Crippen LogP contribution in [-0.4, -0.2) is 39.6 Å². The number of hydrogen-bond donors (Lipinski definition) is 1. The molecule has 0 aromatic heterocycles. The predicted octanol–water partition coefficient (Wildman–Crippen LogP) is 2.85. The number of nitrogens with two attached hydrogens (primary N) is 1. The molecular weight excluding hydrogens is 376 g/mol. The lowest BCUT2D eigenvalue weighted by molar-refractivity contribution is -0.562. The Hall–Kier alpha value is -2.09. The molecule has 2 N–H and O–H groups in total. The highest BCUT2D eigenvalue weighted by atomic mass is 16.6. The van der Waals surface area contributed by atoms with Gasteiger partial charge in [-0.25, -0.2) is 4.79 Å². The van der Waals surface area contributed by atoms with Gasteiger partial charge in [0, 0.05) is 29.8 Å². The number of ketones is 2. The van der Waals surface area contributed by atoms with E-state index in [0.29, 0.717) is 12.8 Å². The van der Waals surface area contributed by atoms with Crippen LogP contribution in [0.2, 0.25) is 0 Å². The van der Waals surface area contributed by atoms with E-state index < -0.39 is 39.8 Å². The lowest BCUT2D eigenvalue weighted by Gasteiger charge is -2.32. The fourth-order valence-corrected chi connectivity index (χ4v) is 4.16. The quantitative estimate of drug-likeness (QED) is 0.320. The van der Waals surface area contributed by atoms with Crippen molar-refractivity contribution in [1.29, 1.82) is 0 Å². The molecule has 1 aliphatic rings. The average molecular weight is 411 g/mol. The standard InChI is InChI=1S/C21H34N2O6/c1-8-16-20(6,23(27)28)11-15(5)17(24)13(3)9-12(2)10-14(4)18(25)21(7,22)19(26)29-16/h11-14,16H,8-10,22H2,1-7H3/b15-11+/t12-,13+,14+,16+,20-,21-/m0/s1. The van der Waals surface area contributed by atoms with Crippen molar-refractivity contribution in [2.75, 3.05) is 0 Å². The van der Waals surface area contributed by atoms with Gasteiger partial charge in [-0.15, -0.1) is 0 Å². The Bertz CT molecular complexity index is 714. The second-order valence-corrected chi connectivity index (χ2v) is 8.92. The summed E-state index contributed by atoms with van der Waals surface area (Å²) in [6.45, 7) is 11.2. The van der Waals surface area contributed by atoms with Crippen LogP contribution in [0.1, 0.15) is 67.7 Å². The topological polar surface area (TPSA) is 130 Å². The fourth-order valence-electron chi connectivity index (χ4n) is 4.16. The number of carbonyl (C=O) groups is 3. The van der Waals surface area contributed by atoms with Crippen molar-refractivity contribution in [2.45, 2.75) is 84.9 Å². The smallest absolute Gasteiger partial charge is 0.334 e. The van der Waals surface area contributed by atoms with Crippen molar-refractivity contribution < 1.29 is 24.0 Å². The zero-order valence-corrected chi connectivity index (χ0v) is 18.5. The molecular formula is C21H34N2O6. The lowest BCUT2D eigenvalue weighted by atomic mass is 9.80. The number of rotatable bonds is 2. The second kappa shape index (κ2) is 9.15. The average Bonchev–Trinajstić information content (AvgIpc) is 2.62. The van der Waals surface area contributed by atoms with E-state index in [1.165, 1.54) is 19.9 Å². The molecule has 0 aliphatic carbocycles. The lowest BCUT2D eigenvalue weighted by Crippen LogP contribution is -2.58. The van der Waals surface area contributed by atoms with Gasteiger partial charge in [0.15, 0.2) is 23.2 Å². The van der Waals surface area contributed by atoms with Crippen molar-refractivity contribution in [3.05, 3.63) is 21.8 Å². The molecule has 164 valence electrons. The maximum atomic E-state index is 12.8. The first-order valence-corrected chi connectivity index (χ1v) is 10.1. The molecule has 0 aromatic carbocycles. The minimum Gasteiger partial charge on any atom is -0.453 e. The third-order valence-corrected chi connectivity index (χ3v) is 5.91. The van der Waals surface area contributed by atoms with Crippen molar-refractivity contribution in [1.82, 2.24) is 0 Å². The van der Waals surface area contributed by atoms with Gasteiger partial charge in [0.05, 0.1) is 0 Å². The number of hydrogen-bond acceptors (Lipinski definition) is 7. The van der Waals surface area contributed by atoms with E-state index in [1.807, 2.05) is 6.92 Å². The van der Waals surface area contributed by atoms with E-state index in [4.69, 9.17) is 10.5 Å². The summed E-state index contributed by atoms with van der Waals surface area (Å²) >= 11 is 0. The van der Waals surface area contributed by atoms with Gasteiger partial charge in [0.25, 0.3) is 5.54 Å². The van der Waals surface area contributed by atoms with Crippen LogP contribution in [0.25, 0.3) is 0 Å². The zero-order valence-electron chi connectivity index (χ0n) is 18.5. The van der Waals surface area contributed by atoms with Crippen LogP contribution in [0.5, 0.6) is 0 Å². The van der Waals surface area contributed by atoms with Gasteiger partial charge in [-0.2, -0.15) is 0 Å². The molecule has 0 aromatic rings. The van der Waals surface area contributed by atoms with E-state index >= 15 is 0 Å². The summed E-state index contributed by atoms with van der Waals surface area (Å²) in [4.78, 5) is 49.7. The summed E-state index contributed by atoms with van der Waals surface area (Å²) in [5.74, 6) is -2.50. The minimum atomic E-state index is -1.91. The Morgan fingerprint density at radius 3 is 2.17 bits per heavy atom. The van der Waals surface area contributed by atoms with Gasteiger partial charge in [-0.3, -0.25) is 19.7 Å².